The Kier molecular flexibility index (Phi) is 3.34. The number of aromatic amines is 1. The van der Waals surface area contributed by atoms with Crippen LogP contribution < -0.4 is 5.73 Å². The van der Waals surface area contributed by atoms with Crippen LogP contribution in [0.2, 0.25) is 10.0 Å². The summed E-state index contributed by atoms with van der Waals surface area (Å²) >= 11 is 12.3. The van der Waals surface area contributed by atoms with E-state index in [1.165, 1.54) is 0 Å². The van der Waals surface area contributed by atoms with Crippen LogP contribution in [0.25, 0.3) is 22.5 Å². The van der Waals surface area contributed by atoms with Crippen LogP contribution in [0.1, 0.15) is 0 Å². The van der Waals surface area contributed by atoms with Crippen LogP contribution in [-0.4, -0.2) is 15.2 Å². The molecule has 4 nitrogen and oxygen atoms in total. The van der Waals surface area contributed by atoms with Crippen LogP contribution in [0.3, 0.4) is 0 Å². The van der Waals surface area contributed by atoms with Gasteiger partial charge in [-0.05, 0) is 30.3 Å². The Morgan fingerprint density at radius 3 is 2.70 bits per heavy atom. The quantitative estimate of drug-likeness (QED) is 0.751. The van der Waals surface area contributed by atoms with E-state index in [-0.39, 0.29) is 0 Å². The lowest BCUT2D eigenvalue weighted by atomic mass is 10.0. The molecule has 2 aromatic heterocycles. The van der Waals surface area contributed by atoms with E-state index in [0.29, 0.717) is 21.6 Å². The van der Waals surface area contributed by atoms with Crippen molar-refractivity contribution in [3.63, 3.8) is 0 Å². The number of halogens is 2. The summed E-state index contributed by atoms with van der Waals surface area (Å²) in [6, 6.07) is 10.8. The Labute approximate surface area is 125 Å². The lowest BCUT2D eigenvalue weighted by Crippen LogP contribution is -1.91. The largest absolute Gasteiger partial charge is 0.382 e. The van der Waals surface area contributed by atoms with Gasteiger partial charge in [-0.2, -0.15) is 5.10 Å². The smallest absolute Gasteiger partial charge is 0.155 e. The number of aromatic nitrogens is 3. The number of H-pyrrole nitrogens is 1. The second kappa shape index (κ2) is 5.15. The van der Waals surface area contributed by atoms with Crippen molar-refractivity contribution < 1.29 is 0 Å². The zero-order chi connectivity index (χ0) is 14.1. The van der Waals surface area contributed by atoms with E-state index in [2.05, 4.69) is 15.2 Å². The van der Waals surface area contributed by atoms with Gasteiger partial charge in [-0.1, -0.05) is 29.3 Å². The third-order valence-corrected chi connectivity index (χ3v) is 3.48. The Morgan fingerprint density at radius 1 is 1.10 bits per heavy atom. The molecule has 0 spiro atoms. The molecule has 0 saturated heterocycles. The topological polar surface area (TPSA) is 67.6 Å². The van der Waals surface area contributed by atoms with Gasteiger partial charge in [0.1, 0.15) is 0 Å². The molecule has 3 aromatic rings. The summed E-state index contributed by atoms with van der Waals surface area (Å²) in [5, 5.41) is 8.10. The van der Waals surface area contributed by atoms with E-state index in [1.807, 2.05) is 18.2 Å². The van der Waals surface area contributed by atoms with Gasteiger partial charge in [-0.15, -0.1) is 0 Å². The average molecular weight is 305 g/mol. The van der Waals surface area contributed by atoms with Gasteiger partial charge < -0.3 is 5.73 Å². The number of pyridine rings is 1. The molecule has 1 aromatic carbocycles. The second-order valence-corrected chi connectivity index (χ2v) is 5.04. The van der Waals surface area contributed by atoms with Gasteiger partial charge in [0.15, 0.2) is 5.82 Å². The third kappa shape index (κ3) is 2.24. The van der Waals surface area contributed by atoms with E-state index in [9.17, 15) is 0 Å². The number of nitrogens with zero attached hydrogens (tertiary/aromatic N) is 2. The van der Waals surface area contributed by atoms with E-state index < -0.39 is 0 Å². The lowest BCUT2D eigenvalue weighted by molar-refractivity contribution is 1.10. The van der Waals surface area contributed by atoms with E-state index in [4.69, 9.17) is 28.9 Å². The number of hydrogen-bond donors (Lipinski definition) is 2. The van der Waals surface area contributed by atoms with Crippen LogP contribution in [0.15, 0.2) is 42.6 Å². The molecule has 0 unspecified atom stereocenters. The normalized spacial score (nSPS) is 10.7. The Balaban J connectivity index is 2.24. The standard InChI is InChI=1S/C14H10Cl2N4/c15-8-4-5-10(16)9(7-8)13-12(14(17)20-19-13)11-3-1-2-6-18-11/h1-7H,(H3,17,19,20). The molecule has 0 aliphatic heterocycles. The number of hydrogen-bond acceptors (Lipinski definition) is 3. The molecule has 0 radical (unpaired) electrons. The van der Waals surface area contributed by atoms with E-state index in [0.717, 1.165) is 16.8 Å². The summed E-state index contributed by atoms with van der Waals surface area (Å²) < 4.78 is 0. The number of nitrogens with two attached hydrogens (primary N) is 1. The van der Waals surface area contributed by atoms with Crippen LogP contribution in [0.4, 0.5) is 5.82 Å². The fraction of sp³-hybridized carbons (Fsp3) is 0. The Morgan fingerprint density at radius 2 is 1.95 bits per heavy atom. The minimum atomic E-state index is 0.370. The third-order valence-electron chi connectivity index (χ3n) is 2.91. The zero-order valence-electron chi connectivity index (χ0n) is 10.3. The number of benzene rings is 1. The average Bonchev–Trinajstić information content (AvgIpc) is 2.84. The van der Waals surface area contributed by atoms with Crippen molar-refractivity contribution in [2.24, 2.45) is 0 Å². The summed E-state index contributed by atoms with van der Waals surface area (Å²) in [4.78, 5) is 4.30. The summed E-state index contributed by atoms with van der Waals surface area (Å²) in [5.74, 6) is 0.370. The minimum Gasteiger partial charge on any atom is -0.382 e. The number of nitrogens with one attached hydrogen (secondary N) is 1. The van der Waals surface area contributed by atoms with Gasteiger partial charge in [0, 0.05) is 16.8 Å². The van der Waals surface area contributed by atoms with Gasteiger partial charge >= 0.3 is 0 Å². The molecule has 100 valence electrons. The Bertz CT molecular complexity index is 753. The lowest BCUT2D eigenvalue weighted by Gasteiger charge is -2.06. The Hall–Kier alpha value is -2.04. The molecule has 0 bridgehead atoms. The van der Waals surface area contributed by atoms with Gasteiger partial charge in [0.2, 0.25) is 0 Å². The highest BCUT2D eigenvalue weighted by Gasteiger charge is 2.17. The van der Waals surface area contributed by atoms with Crippen molar-refractivity contribution in [2.75, 3.05) is 5.73 Å². The van der Waals surface area contributed by atoms with Crippen molar-refractivity contribution in [1.82, 2.24) is 15.2 Å². The first-order chi connectivity index (χ1) is 9.66. The van der Waals surface area contributed by atoms with Crippen molar-refractivity contribution in [2.45, 2.75) is 0 Å². The van der Waals surface area contributed by atoms with Gasteiger partial charge in [-0.25, -0.2) is 0 Å². The van der Waals surface area contributed by atoms with Crippen LogP contribution in [0.5, 0.6) is 0 Å². The van der Waals surface area contributed by atoms with E-state index >= 15 is 0 Å². The SMILES string of the molecule is Nc1n[nH]c(-c2cc(Cl)ccc2Cl)c1-c1ccccn1. The number of rotatable bonds is 2. The van der Waals surface area contributed by atoms with Crippen LogP contribution >= 0.6 is 23.2 Å². The van der Waals surface area contributed by atoms with Gasteiger partial charge in [0.25, 0.3) is 0 Å². The van der Waals surface area contributed by atoms with E-state index in [1.54, 1.807) is 24.4 Å². The predicted molar refractivity (Wildman–Crippen MR) is 81.7 cm³/mol. The van der Waals surface area contributed by atoms with Crippen LogP contribution in [-0.2, 0) is 0 Å². The van der Waals surface area contributed by atoms with Crippen molar-refractivity contribution in [3.8, 4) is 22.5 Å². The maximum absolute atomic E-state index is 6.23. The number of nitrogen functional groups attached to an aromatic ring is 1. The molecule has 0 atom stereocenters. The predicted octanol–water partition coefficient (Wildman–Crippen LogP) is 4.03. The highest BCUT2D eigenvalue weighted by molar-refractivity contribution is 6.35. The first-order valence-electron chi connectivity index (χ1n) is 5.87. The first-order valence-corrected chi connectivity index (χ1v) is 6.63. The summed E-state index contributed by atoms with van der Waals surface area (Å²) in [6.07, 6.45) is 1.70. The van der Waals surface area contributed by atoms with Crippen molar-refractivity contribution in [3.05, 3.63) is 52.6 Å². The summed E-state index contributed by atoms with van der Waals surface area (Å²) in [7, 11) is 0. The molecule has 3 rings (SSSR count). The molecule has 0 aliphatic carbocycles. The molecular weight excluding hydrogens is 295 g/mol. The zero-order valence-corrected chi connectivity index (χ0v) is 11.8. The fourth-order valence-corrected chi connectivity index (χ4v) is 2.39. The maximum Gasteiger partial charge on any atom is 0.155 e. The molecule has 0 fully saturated rings. The summed E-state index contributed by atoms with van der Waals surface area (Å²) in [6.45, 7) is 0. The van der Waals surface area contributed by atoms with Gasteiger partial charge in [-0.3, -0.25) is 10.1 Å². The van der Waals surface area contributed by atoms with Crippen molar-refractivity contribution >= 4 is 29.0 Å². The minimum absolute atomic E-state index is 0.370. The summed E-state index contributed by atoms with van der Waals surface area (Å²) in [5.41, 5.74) is 8.83. The molecule has 0 saturated carbocycles. The van der Waals surface area contributed by atoms with Crippen LogP contribution in [0, 0.1) is 0 Å². The second-order valence-electron chi connectivity index (χ2n) is 4.20. The first kappa shape index (κ1) is 13.0. The molecule has 2 heterocycles. The molecule has 3 N–H and O–H groups in total. The fourth-order valence-electron chi connectivity index (χ4n) is 2.01. The highest BCUT2D eigenvalue weighted by atomic mass is 35.5. The van der Waals surface area contributed by atoms with Crippen molar-refractivity contribution in [1.29, 1.82) is 0 Å². The van der Waals surface area contributed by atoms with Gasteiger partial charge in [0.05, 0.1) is 22.0 Å². The molecule has 6 heteroatoms. The molecule has 0 amide bonds. The molecule has 20 heavy (non-hydrogen) atoms. The molecular formula is C14H10Cl2N4. The number of anilines is 1. The maximum atomic E-state index is 6.23. The highest BCUT2D eigenvalue weighted by Crippen LogP contribution is 2.37. The monoisotopic (exact) mass is 304 g/mol. The molecule has 0 aliphatic rings.